The monoisotopic (exact) mass is 379 g/mol. The molecule has 2 heterocycles. The number of piperazine rings is 1. The van der Waals surface area contributed by atoms with E-state index in [4.69, 9.17) is 11.6 Å². The Morgan fingerprint density at radius 2 is 1.85 bits per heavy atom. The fourth-order valence-corrected chi connectivity index (χ4v) is 4.27. The van der Waals surface area contributed by atoms with Crippen molar-refractivity contribution in [2.45, 2.75) is 32.2 Å². The molecule has 0 aromatic heterocycles. The molecule has 0 spiro atoms. The van der Waals surface area contributed by atoms with Gasteiger partial charge in [-0.15, -0.1) is 0 Å². The number of hydrogen-bond donors (Lipinski definition) is 1. The molecule has 1 aromatic carbocycles. The van der Waals surface area contributed by atoms with Gasteiger partial charge in [-0.25, -0.2) is 0 Å². The van der Waals surface area contributed by atoms with Gasteiger partial charge in [-0.3, -0.25) is 9.69 Å². The summed E-state index contributed by atoms with van der Waals surface area (Å²) in [5.41, 5.74) is 0.987. The van der Waals surface area contributed by atoms with Crippen LogP contribution in [0.2, 0.25) is 5.02 Å². The Hall–Kier alpha value is -1.30. The lowest BCUT2D eigenvalue weighted by atomic mass is 9.97. The molecule has 3 rings (SSSR count). The van der Waals surface area contributed by atoms with Gasteiger partial charge in [0.1, 0.15) is 5.75 Å². The second kappa shape index (κ2) is 8.59. The van der Waals surface area contributed by atoms with E-state index in [0.717, 1.165) is 57.7 Å². The molecule has 0 aliphatic carbocycles. The van der Waals surface area contributed by atoms with Crippen LogP contribution < -0.4 is 0 Å². The predicted octanol–water partition coefficient (Wildman–Crippen LogP) is 2.46. The number of carbonyl (C=O) groups is 1. The Kier molecular flexibility index (Phi) is 6.43. The number of carbonyl (C=O) groups excluding carboxylic acids is 1. The highest BCUT2D eigenvalue weighted by molar-refractivity contribution is 6.32. The molecule has 1 atom stereocenters. The fraction of sp³-hybridized carbons (Fsp3) is 0.650. The molecular weight excluding hydrogens is 350 g/mol. The number of nitrogens with zero attached hydrogens (tertiary/aromatic N) is 3. The summed E-state index contributed by atoms with van der Waals surface area (Å²) in [5, 5.41) is 9.87. The molecule has 26 heavy (non-hydrogen) atoms. The second-order valence-electron chi connectivity index (χ2n) is 7.79. The maximum atomic E-state index is 12.8. The van der Waals surface area contributed by atoms with Crippen molar-refractivity contribution < 1.29 is 9.90 Å². The van der Waals surface area contributed by atoms with Gasteiger partial charge in [0.2, 0.25) is 5.91 Å². The van der Waals surface area contributed by atoms with Crippen LogP contribution in [0.25, 0.3) is 0 Å². The zero-order valence-electron chi connectivity index (χ0n) is 15.8. The highest BCUT2D eigenvalue weighted by Gasteiger charge is 2.30. The Labute approximate surface area is 161 Å². The summed E-state index contributed by atoms with van der Waals surface area (Å²) in [6, 6.07) is 5.81. The van der Waals surface area contributed by atoms with Crippen molar-refractivity contribution in [3.05, 3.63) is 28.8 Å². The highest BCUT2D eigenvalue weighted by Crippen LogP contribution is 2.26. The Bertz CT molecular complexity index is 623. The average molecular weight is 380 g/mol. The van der Waals surface area contributed by atoms with Crippen LogP contribution in [-0.4, -0.2) is 78.1 Å². The van der Waals surface area contributed by atoms with E-state index < -0.39 is 0 Å². The van der Waals surface area contributed by atoms with Gasteiger partial charge < -0.3 is 14.9 Å². The van der Waals surface area contributed by atoms with Crippen LogP contribution in [0.1, 0.15) is 25.3 Å². The van der Waals surface area contributed by atoms with E-state index in [1.165, 1.54) is 0 Å². The van der Waals surface area contributed by atoms with Crippen molar-refractivity contribution >= 4 is 17.5 Å². The molecule has 0 radical (unpaired) electrons. The first-order valence-corrected chi connectivity index (χ1v) is 10.0. The summed E-state index contributed by atoms with van der Waals surface area (Å²) in [6.07, 6.45) is 2.80. The molecule has 2 aliphatic heterocycles. The second-order valence-corrected chi connectivity index (χ2v) is 8.19. The normalized spacial score (nSPS) is 21.7. The largest absolute Gasteiger partial charge is 0.506 e. The lowest BCUT2D eigenvalue weighted by Crippen LogP contribution is -2.53. The van der Waals surface area contributed by atoms with Crippen molar-refractivity contribution in [2.24, 2.45) is 5.92 Å². The van der Waals surface area contributed by atoms with Crippen LogP contribution >= 0.6 is 11.6 Å². The maximum Gasteiger partial charge on any atom is 0.225 e. The van der Waals surface area contributed by atoms with Crippen LogP contribution in [0, 0.1) is 5.92 Å². The van der Waals surface area contributed by atoms with Crippen LogP contribution in [-0.2, 0) is 11.2 Å². The number of aromatic hydroxyl groups is 1. The van der Waals surface area contributed by atoms with Gasteiger partial charge in [-0.2, -0.15) is 0 Å². The van der Waals surface area contributed by atoms with Crippen molar-refractivity contribution in [1.82, 2.24) is 14.7 Å². The van der Waals surface area contributed by atoms with Crippen LogP contribution in [0.15, 0.2) is 18.2 Å². The predicted molar refractivity (Wildman–Crippen MR) is 105 cm³/mol. The minimum Gasteiger partial charge on any atom is -0.506 e. The van der Waals surface area contributed by atoms with Gasteiger partial charge in [0, 0.05) is 51.2 Å². The molecule has 0 saturated carbocycles. The van der Waals surface area contributed by atoms with E-state index in [1.807, 2.05) is 17.9 Å². The third-order valence-electron chi connectivity index (χ3n) is 5.81. The maximum absolute atomic E-state index is 12.8. The molecule has 6 heteroatoms. The molecule has 5 nitrogen and oxygen atoms in total. The first kappa shape index (κ1) is 19.5. The fourth-order valence-electron chi connectivity index (χ4n) is 4.07. The first-order valence-electron chi connectivity index (χ1n) is 9.63. The standard InChI is InChI=1S/C20H30ClN3O2/c1-15(13-16-3-4-19(25)18(21)14-16)20(26)24-7-5-17(6-8-24)23-11-9-22(2)10-12-23/h3-4,14-15,17,25H,5-13H2,1-2H3/t15-/m1/s1. The Morgan fingerprint density at radius 3 is 2.46 bits per heavy atom. The van der Waals surface area contributed by atoms with Crippen LogP contribution in [0.3, 0.4) is 0 Å². The smallest absolute Gasteiger partial charge is 0.225 e. The number of hydrogen-bond acceptors (Lipinski definition) is 4. The molecule has 2 fully saturated rings. The van der Waals surface area contributed by atoms with Gasteiger partial charge in [0.05, 0.1) is 5.02 Å². The molecule has 0 unspecified atom stereocenters. The van der Waals surface area contributed by atoms with Crippen molar-refractivity contribution in [3.8, 4) is 5.75 Å². The Balaban J connectivity index is 1.48. The number of amides is 1. The number of phenols is 1. The summed E-state index contributed by atoms with van der Waals surface area (Å²) >= 11 is 5.97. The van der Waals surface area contributed by atoms with E-state index in [-0.39, 0.29) is 17.6 Å². The van der Waals surface area contributed by atoms with Gasteiger partial charge >= 0.3 is 0 Å². The van der Waals surface area contributed by atoms with Gasteiger partial charge in [-0.1, -0.05) is 24.6 Å². The zero-order chi connectivity index (χ0) is 18.7. The zero-order valence-corrected chi connectivity index (χ0v) is 16.6. The molecule has 1 amide bonds. The molecule has 1 aromatic rings. The SMILES string of the molecule is C[C@H](Cc1ccc(O)c(Cl)c1)C(=O)N1CCC(N2CCN(C)CC2)CC1. The molecule has 0 bridgehead atoms. The number of piperidine rings is 1. The van der Waals surface area contributed by atoms with Gasteiger partial charge in [0.15, 0.2) is 0 Å². The lowest BCUT2D eigenvalue weighted by Gasteiger charge is -2.42. The number of likely N-dealkylation sites (tertiary alicyclic amines) is 1. The molecular formula is C20H30ClN3O2. The van der Waals surface area contributed by atoms with Crippen molar-refractivity contribution in [3.63, 3.8) is 0 Å². The third kappa shape index (κ3) is 4.70. The minimum atomic E-state index is -0.0733. The number of phenolic OH excluding ortho intramolecular Hbond substituents is 1. The van der Waals surface area contributed by atoms with Crippen LogP contribution in [0.5, 0.6) is 5.75 Å². The van der Waals surface area contributed by atoms with Crippen molar-refractivity contribution in [1.29, 1.82) is 0 Å². The van der Waals surface area contributed by atoms with Gasteiger partial charge in [0.25, 0.3) is 0 Å². The molecule has 2 aliphatic rings. The number of likely N-dealkylation sites (N-methyl/N-ethyl adjacent to an activating group) is 1. The molecule has 144 valence electrons. The van der Waals surface area contributed by atoms with E-state index in [0.29, 0.717) is 17.5 Å². The van der Waals surface area contributed by atoms with Crippen LogP contribution in [0.4, 0.5) is 0 Å². The summed E-state index contributed by atoms with van der Waals surface area (Å²) in [4.78, 5) is 19.8. The third-order valence-corrected chi connectivity index (χ3v) is 6.11. The number of halogens is 1. The molecule has 1 N–H and O–H groups in total. The summed E-state index contributed by atoms with van der Waals surface area (Å²) in [7, 11) is 2.18. The minimum absolute atomic E-state index is 0.0733. The quantitative estimate of drug-likeness (QED) is 0.873. The number of benzene rings is 1. The first-order chi connectivity index (χ1) is 12.4. The average Bonchev–Trinajstić information content (AvgIpc) is 2.65. The highest BCUT2D eigenvalue weighted by atomic mass is 35.5. The van der Waals surface area contributed by atoms with E-state index >= 15 is 0 Å². The van der Waals surface area contributed by atoms with E-state index in [1.54, 1.807) is 12.1 Å². The summed E-state index contributed by atoms with van der Waals surface area (Å²) in [5.74, 6) is 0.238. The topological polar surface area (TPSA) is 47.0 Å². The Morgan fingerprint density at radius 1 is 1.19 bits per heavy atom. The summed E-state index contributed by atoms with van der Waals surface area (Å²) in [6.45, 7) is 8.28. The van der Waals surface area contributed by atoms with Crippen molar-refractivity contribution in [2.75, 3.05) is 46.3 Å². The van der Waals surface area contributed by atoms with E-state index in [2.05, 4.69) is 16.8 Å². The molecule has 2 saturated heterocycles. The number of rotatable bonds is 4. The van der Waals surface area contributed by atoms with E-state index in [9.17, 15) is 9.90 Å². The lowest BCUT2D eigenvalue weighted by molar-refractivity contribution is -0.136. The van der Waals surface area contributed by atoms with Gasteiger partial charge in [-0.05, 0) is 44.0 Å². The summed E-state index contributed by atoms with van der Waals surface area (Å²) < 4.78 is 0.